The topological polar surface area (TPSA) is 41.3 Å². The van der Waals surface area contributed by atoms with Gasteiger partial charge in [0.05, 0.1) is 16.8 Å². The number of alkyl halides is 6. The molecular weight excluding hydrogens is 540 g/mol. The summed E-state index contributed by atoms with van der Waals surface area (Å²) < 4.78 is 84.6. The van der Waals surface area contributed by atoms with Gasteiger partial charge in [-0.2, -0.15) is 26.3 Å². The molecule has 0 aromatic heterocycles. The Balaban J connectivity index is 1.98. The summed E-state index contributed by atoms with van der Waals surface area (Å²) in [6.45, 7) is 19.0. The van der Waals surface area contributed by atoms with Gasteiger partial charge in [-0.15, -0.1) is 0 Å². The van der Waals surface area contributed by atoms with E-state index in [2.05, 4.69) is 18.5 Å². The Labute approximate surface area is 237 Å². The molecule has 0 amide bonds. The van der Waals surface area contributed by atoms with E-state index in [-0.39, 0.29) is 11.2 Å². The van der Waals surface area contributed by atoms with Gasteiger partial charge >= 0.3 is 12.4 Å². The van der Waals surface area contributed by atoms with Crippen LogP contribution in [0, 0.1) is 0 Å². The van der Waals surface area contributed by atoms with E-state index in [9.17, 15) is 26.3 Å². The third-order valence-electron chi connectivity index (χ3n) is 6.68. The Hall–Kier alpha value is -3.72. The number of benzene rings is 3. The van der Waals surface area contributed by atoms with Crippen LogP contribution in [0.2, 0.25) is 0 Å². The summed E-state index contributed by atoms with van der Waals surface area (Å²) in [5.74, 6) is 6.14. The number of rotatable bonds is 6. The quantitative estimate of drug-likeness (QED) is 0.175. The SMILES string of the molecule is C=C(Nc1ccc(-c2ccc(C(C)(C)C)cc2C(F)(F)F)c(C(F)(F)F)c1)c1ccc(C(=C)N(N)C(C)(C)C)cc1. The highest BCUT2D eigenvalue weighted by atomic mass is 19.4. The van der Waals surface area contributed by atoms with Gasteiger partial charge in [-0.3, -0.25) is 0 Å². The summed E-state index contributed by atoms with van der Waals surface area (Å²) in [6, 6.07) is 13.6. The molecule has 0 aliphatic carbocycles. The Morgan fingerprint density at radius 2 is 1.15 bits per heavy atom. The Bertz CT molecular complexity index is 1440. The number of nitrogens with two attached hydrogens (primary N) is 1. The highest BCUT2D eigenvalue weighted by Gasteiger charge is 2.39. The van der Waals surface area contributed by atoms with Gasteiger partial charge in [-0.25, -0.2) is 5.84 Å². The molecule has 3 aromatic rings. The molecular formula is C32H35F6N3. The van der Waals surface area contributed by atoms with Crippen LogP contribution in [0.5, 0.6) is 0 Å². The van der Waals surface area contributed by atoms with Gasteiger partial charge in [-0.05, 0) is 72.2 Å². The number of hydrazine groups is 1. The van der Waals surface area contributed by atoms with Crippen molar-refractivity contribution in [1.82, 2.24) is 5.01 Å². The standard InChI is InChI=1S/C32H35F6N3/c1-19(21-9-11-22(12-10-21)20(2)41(39)30(6,7)8)40-24-14-16-26(28(18-24)32(36,37)38)25-15-13-23(29(3,4)5)17-27(25)31(33,34)35/h9-18,40H,1-2,39H2,3-8H3. The maximum atomic E-state index is 14.2. The maximum Gasteiger partial charge on any atom is 0.417 e. The van der Waals surface area contributed by atoms with E-state index in [0.717, 1.165) is 29.8 Å². The smallest absolute Gasteiger partial charge is 0.356 e. The Kier molecular flexibility index (Phi) is 8.48. The van der Waals surface area contributed by atoms with Gasteiger partial charge in [0.2, 0.25) is 0 Å². The van der Waals surface area contributed by atoms with E-state index < -0.39 is 40.0 Å². The fourth-order valence-electron chi connectivity index (χ4n) is 4.23. The lowest BCUT2D eigenvalue weighted by molar-refractivity contribution is -0.139. The lowest BCUT2D eigenvalue weighted by Gasteiger charge is -2.34. The van der Waals surface area contributed by atoms with Crippen molar-refractivity contribution in [3.8, 4) is 11.1 Å². The molecule has 0 unspecified atom stereocenters. The van der Waals surface area contributed by atoms with E-state index in [1.165, 1.54) is 17.1 Å². The fourth-order valence-corrected chi connectivity index (χ4v) is 4.23. The zero-order valence-corrected chi connectivity index (χ0v) is 24.0. The summed E-state index contributed by atoms with van der Waals surface area (Å²) in [5.41, 5.74) is -1.78. The van der Waals surface area contributed by atoms with Crippen molar-refractivity contribution in [2.75, 3.05) is 5.32 Å². The minimum atomic E-state index is -4.91. The third-order valence-corrected chi connectivity index (χ3v) is 6.68. The molecule has 0 saturated heterocycles. The number of nitrogens with one attached hydrogen (secondary N) is 1. The number of anilines is 1. The zero-order valence-electron chi connectivity index (χ0n) is 24.0. The Morgan fingerprint density at radius 1 is 0.683 bits per heavy atom. The molecule has 9 heteroatoms. The van der Waals surface area contributed by atoms with Crippen molar-refractivity contribution in [3.63, 3.8) is 0 Å². The normalized spacial score (nSPS) is 12.7. The van der Waals surface area contributed by atoms with Crippen molar-refractivity contribution in [3.05, 3.63) is 102 Å². The molecule has 3 rings (SSSR count). The first-order valence-electron chi connectivity index (χ1n) is 12.8. The first kappa shape index (κ1) is 31.8. The Morgan fingerprint density at radius 3 is 1.61 bits per heavy atom. The van der Waals surface area contributed by atoms with Crippen LogP contribution >= 0.6 is 0 Å². The van der Waals surface area contributed by atoms with Crippen LogP contribution in [0.15, 0.2) is 73.8 Å². The highest BCUT2D eigenvalue weighted by Crippen LogP contribution is 2.45. The van der Waals surface area contributed by atoms with Crippen molar-refractivity contribution in [1.29, 1.82) is 0 Å². The summed E-state index contributed by atoms with van der Waals surface area (Å²) in [5, 5.41) is 4.38. The summed E-state index contributed by atoms with van der Waals surface area (Å²) in [6.07, 6.45) is -9.76. The predicted molar refractivity (Wildman–Crippen MR) is 154 cm³/mol. The second-order valence-corrected chi connectivity index (χ2v) is 11.9. The monoisotopic (exact) mass is 575 g/mol. The molecule has 0 bridgehead atoms. The summed E-state index contributed by atoms with van der Waals surface area (Å²) >= 11 is 0. The van der Waals surface area contributed by atoms with Gasteiger partial charge in [0, 0.05) is 16.9 Å². The average molecular weight is 576 g/mol. The van der Waals surface area contributed by atoms with E-state index in [1.54, 1.807) is 45.0 Å². The van der Waals surface area contributed by atoms with Crippen LogP contribution in [0.4, 0.5) is 32.0 Å². The first-order valence-corrected chi connectivity index (χ1v) is 12.8. The van der Waals surface area contributed by atoms with Crippen LogP contribution in [0.1, 0.15) is 69.4 Å². The molecule has 220 valence electrons. The van der Waals surface area contributed by atoms with Gasteiger partial charge < -0.3 is 10.3 Å². The lowest BCUT2D eigenvalue weighted by atomic mass is 9.83. The number of hydrogen-bond acceptors (Lipinski definition) is 3. The molecule has 0 aliphatic heterocycles. The van der Waals surface area contributed by atoms with Crippen LogP contribution in [0.3, 0.4) is 0 Å². The third kappa shape index (κ3) is 7.33. The molecule has 0 aliphatic rings. The molecule has 0 radical (unpaired) electrons. The second-order valence-electron chi connectivity index (χ2n) is 11.9. The van der Waals surface area contributed by atoms with Crippen molar-refractivity contribution >= 4 is 17.1 Å². The molecule has 0 atom stereocenters. The van der Waals surface area contributed by atoms with Gasteiger partial charge in [0.25, 0.3) is 0 Å². The zero-order chi connectivity index (χ0) is 31.1. The average Bonchev–Trinajstić information content (AvgIpc) is 2.85. The largest absolute Gasteiger partial charge is 0.417 e. The molecule has 0 heterocycles. The summed E-state index contributed by atoms with van der Waals surface area (Å²) in [7, 11) is 0. The highest BCUT2D eigenvalue weighted by molar-refractivity contribution is 5.80. The molecule has 0 spiro atoms. The van der Waals surface area contributed by atoms with Crippen LogP contribution in [0.25, 0.3) is 22.5 Å². The van der Waals surface area contributed by atoms with Crippen molar-refractivity contribution in [2.45, 2.75) is 64.8 Å². The molecule has 3 aromatic carbocycles. The van der Waals surface area contributed by atoms with E-state index in [1.807, 2.05) is 20.8 Å². The van der Waals surface area contributed by atoms with Gasteiger partial charge in [0.1, 0.15) is 0 Å². The van der Waals surface area contributed by atoms with E-state index in [4.69, 9.17) is 5.84 Å². The predicted octanol–water partition coefficient (Wildman–Crippen LogP) is 9.72. The first-order chi connectivity index (χ1) is 18.6. The maximum absolute atomic E-state index is 14.2. The van der Waals surface area contributed by atoms with Gasteiger partial charge in [0.15, 0.2) is 0 Å². The fraction of sp³-hybridized carbons (Fsp3) is 0.312. The minimum absolute atomic E-state index is 0.0281. The molecule has 0 fully saturated rings. The minimum Gasteiger partial charge on any atom is -0.356 e. The molecule has 3 N–H and O–H groups in total. The molecule has 3 nitrogen and oxygen atoms in total. The van der Waals surface area contributed by atoms with Gasteiger partial charge in [-0.1, -0.05) is 76.4 Å². The van der Waals surface area contributed by atoms with Crippen LogP contribution in [-0.2, 0) is 17.8 Å². The second kappa shape index (κ2) is 10.9. The number of nitrogens with zero attached hydrogens (tertiary/aromatic N) is 1. The lowest BCUT2D eigenvalue weighted by Crippen LogP contribution is -2.44. The molecule has 0 saturated carbocycles. The number of hydrogen-bond donors (Lipinski definition) is 2. The van der Waals surface area contributed by atoms with Crippen molar-refractivity contribution < 1.29 is 26.3 Å². The van der Waals surface area contributed by atoms with Crippen molar-refractivity contribution in [2.24, 2.45) is 5.84 Å². The van der Waals surface area contributed by atoms with Crippen LogP contribution in [-0.4, -0.2) is 10.5 Å². The summed E-state index contributed by atoms with van der Waals surface area (Å²) in [4.78, 5) is 0. The number of halogens is 6. The van der Waals surface area contributed by atoms with Crippen LogP contribution < -0.4 is 11.2 Å². The molecule has 41 heavy (non-hydrogen) atoms. The van der Waals surface area contributed by atoms with E-state index >= 15 is 0 Å². The van der Waals surface area contributed by atoms with E-state index in [0.29, 0.717) is 22.5 Å².